The first kappa shape index (κ1) is 19.1. The molecule has 160 valence electrons. The number of hydrogen-bond donors (Lipinski definition) is 1. The zero-order chi connectivity index (χ0) is 22.5. The van der Waals surface area contributed by atoms with Gasteiger partial charge in [-0.1, -0.05) is 24.3 Å². The minimum atomic E-state index is -0.681. The van der Waals surface area contributed by atoms with Gasteiger partial charge in [-0.3, -0.25) is 19.5 Å². The molecule has 33 heavy (non-hydrogen) atoms. The zero-order valence-electron chi connectivity index (χ0n) is 17.6. The Morgan fingerprint density at radius 3 is 2.27 bits per heavy atom. The van der Waals surface area contributed by atoms with Crippen molar-refractivity contribution < 1.29 is 9.59 Å². The van der Waals surface area contributed by atoms with Crippen molar-refractivity contribution in [3.8, 4) is 0 Å². The number of rotatable bonds is 3. The number of aromatic nitrogens is 3. The van der Waals surface area contributed by atoms with Gasteiger partial charge in [-0.2, -0.15) is 0 Å². The maximum absolute atomic E-state index is 13.3. The minimum Gasteiger partial charge on any atom is -0.335 e. The van der Waals surface area contributed by atoms with Gasteiger partial charge in [-0.15, -0.1) is 0 Å². The number of nitrogens with zero attached hydrogens (tertiary/aromatic N) is 5. The van der Waals surface area contributed by atoms with Gasteiger partial charge in [0.05, 0.1) is 28.2 Å². The molecule has 0 radical (unpaired) electrons. The highest BCUT2D eigenvalue weighted by Crippen LogP contribution is 2.43. The van der Waals surface area contributed by atoms with Gasteiger partial charge in [0.15, 0.2) is 11.6 Å². The van der Waals surface area contributed by atoms with Crippen molar-refractivity contribution in [2.75, 3.05) is 17.3 Å². The van der Waals surface area contributed by atoms with E-state index in [1.807, 2.05) is 48.3 Å². The number of pyridine rings is 1. The van der Waals surface area contributed by atoms with Crippen LogP contribution in [0.3, 0.4) is 0 Å². The van der Waals surface area contributed by atoms with Crippen molar-refractivity contribution in [3.63, 3.8) is 0 Å². The van der Waals surface area contributed by atoms with Gasteiger partial charge in [-0.25, -0.2) is 9.97 Å². The van der Waals surface area contributed by atoms with Crippen LogP contribution in [0, 0.1) is 0 Å². The Morgan fingerprint density at radius 1 is 0.818 bits per heavy atom. The van der Waals surface area contributed by atoms with Crippen LogP contribution in [0.4, 0.5) is 23.0 Å². The van der Waals surface area contributed by atoms with Gasteiger partial charge in [0.25, 0.3) is 11.8 Å². The fraction of sp³-hybridized carbons (Fsp3) is 0.0800. The molecule has 4 aromatic rings. The van der Waals surface area contributed by atoms with Crippen LogP contribution in [-0.4, -0.2) is 38.7 Å². The van der Waals surface area contributed by atoms with Crippen LogP contribution in [0.15, 0.2) is 79.3 Å². The molecule has 0 bridgehead atoms. The van der Waals surface area contributed by atoms with Gasteiger partial charge in [0.2, 0.25) is 0 Å². The molecule has 2 aromatic carbocycles. The number of benzene rings is 2. The number of amides is 2. The Labute approximate surface area is 189 Å². The summed E-state index contributed by atoms with van der Waals surface area (Å²) in [7, 11) is 1.92. The molecule has 0 saturated heterocycles. The zero-order valence-corrected chi connectivity index (χ0v) is 17.6. The average Bonchev–Trinajstić information content (AvgIpc) is 3.10. The maximum Gasteiger partial charge on any atom is 0.262 e. The molecule has 1 atom stereocenters. The molecule has 8 nitrogen and oxygen atoms in total. The summed E-state index contributed by atoms with van der Waals surface area (Å²) in [6, 6.07) is 17.5. The third-order valence-corrected chi connectivity index (χ3v) is 6.00. The standard InChI is InChI=1S/C25H18N6O2/c1-30-20-10-9-15(14-19(20)29-22-23(30)28-13-12-27-22)21(18-8-4-5-11-26-18)31-24(32)16-6-2-3-7-17(16)25(31)33/h2-14,21H,1H3,(H,27,29). The summed E-state index contributed by atoms with van der Waals surface area (Å²) < 4.78 is 0. The highest BCUT2D eigenvalue weighted by Gasteiger charge is 2.42. The highest BCUT2D eigenvalue weighted by molar-refractivity contribution is 6.21. The Kier molecular flexibility index (Phi) is 4.19. The number of fused-ring (bicyclic) bond motifs is 3. The molecule has 2 aromatic heterocycles. The molecule has 2 aliphatic rings. The fourth-order valence-corrected chi connectivity index (χ4v) is 4.45. The van der Waals surface area contributed by atoms with E-state index in [1.54, 1.807) is 42.9 Å². The number of carbonyl (C=O) groups excluding carboxylic acids is 2. The summed E-state index contributed by atoms with van der Waals surface area (Å²) in [5.74, 6) is 0.703. The van der Waals surface area contributed by atoms with Gasteiger partial charge >= 0.3 is 0 Å². The van der Waals surface area contributed by atoms with E-state index in [9.17, 15) is 9.59 Å². The highest BCUT2D eigenvalue weighted by atomic mass is 16.2. The first-order chi connectivity index (χ1) is 16.1. The third kappa shape index (κ3) is 2.88. The molecule has 4 heterocycles. The Hall–Kier alpha value is -4.59. The van der Waals surface area contributed by atoms with E-state index in [0.29, 0.717) is 22.6 Å². The number of carbonyl (C=O) groups is 2. The molecule has 0 saturated carbocycles. The van der Waals surface area contributed by atoms with E-state index in [4.69, 9.17) is 0 Å². The normalized spacial score (nSPS) is 14.9. The molecular weight excluding hydrogens is 416 g/mol. The smallest absolute Gasteiger partial charge is 0.262 e. The quantitative estimate of drug-likeness (QED) is 0.486. The monoisotopic (exact) mass is 434 g/mol. The van der Waals surface area contributed by atoms with Crippen LogP contribution >= 0.6 is 0 Å². The fourth-order valence-electron chi connectivity index (χ4n) is 4.45. The Morgan fingerprint density at radius 2 is 1.55 bits per heavy atom. The summed E-state index contributed by atoms with van der Waals surface area (Å²) in [5.41, 5.74) is 3.90. The van der Waals surface area contributed by atoms with Crippen molar-refractivity contribution >= 4 is 34.8 Å². The minimum absolute atomic E-state index is 0.328. The lowest BCUT2D eigenvalue weighted by molar-refractivity contribution is 0.0606. The maximum atomic E-state index is 13.3. The molecule has 1 unspecified atom stereocenters. The predicted molar refractivity (Wildman–Crippen MR) is 123 cm³/mol. The van der Waals surface area contributed by atoms with Gasteiger partial charge < -0.3 is 10.2 Å². The van der Waals surface area contributed by atoms with E-state index >= 15 is 0 Å². The van der Waals surface area contributed by atoms with E-state index in [2.05, 4.69) is 20.3 Å². The first-order valence-electron chi connectivity index (χ1n) is 10.5. The molecule has 1 N–H and O–H groups in total. The average molecular weight is 434 g/mol. The van der Waals surface area contributed by atoms with Crippen LogP contribution in [0.1, 0.15) is 38.0 Å². The lowest BCUT2D eigenvalue weighted by atomic mass is 9.99. The van der Waals surface area contributed by atoms with Crippen LogP contribution in [0.2, 0.25) is 0 Å². The molecule has 2 aliphatic heterocycles. The van der Waals surface area contributed by atoms with Crippen molar-refractivity contribution in [2.24, 2.45) is 0 Å². The summed E-state index contributed by atoms with van der Waals surface area (Å²) in [5, 5.41) is 3.32. The van der Waals surface area contributed by atoms with Crippen molar-refractivity contribution in [2.45, 2.75) is 6.04 Å². The largest absolute Gasteiger partial charge is 0.335 e. The van der Waals surface area contributed by atoms with Gasteiger partial charge in [0, 0.05) is 25.6 Å². The lowest BCUT2D eigenvalue weighted by Crippen LogP contribution is -2.35. The second-order valence-electron chi connectivity index (χ2n) is 7.87. The second kappa shape index (κ2) is 7.23. The lowest BCUT2D eigenvalue weighted by Gasteiger charge is -2.31. The van der Waals surface area contributed by atoms with E-state index < -0.39 is 6.04 Å². The number of nitrogens with one attached hydrogen (secondary N) is 1. The molecule has 0 spiro atoms. The van der Waals surface area contributed by atoms with Crippen LogP contribution in [0.5, 0.6) is 0 Å². The first-order valence-corrected chi connectivity index (χ1v) is 10.5. The molecule has 2 amide bonds. The molecular formula is C25H18N6O2. The Balaban J connectivity index is 1.48. The topological polar surface area (TPSA) is 91.3 Å². The predicted octanol–water partition coefficient (Wildman–Crippen LogP) is 4.08. The Bertz CT molecular complexity index is 1390. The van der Waals surface area contributed by atoms with Crippen molar-refractivity contribution in [1.82, 2.24) is 19.9 Å². The van der Waals surface area contributed by atoms with Gasteiger partial charge in [0.1, 0.15) is 6.04 Å². The van der Waals surface area contributed by atoms with Gasteiger partial charge in [-0.05, 0) is 42.0 Å². The third-order valence-electron chi connectivity index (χ3n) is 6.00. The number of anilines is 4. The van der Waals surface area contributed by atoms with Crippen molar-refractivity contribution in [3.05, 3.63) is 102 Å². The molecule has 6 rings (SSSR count). The van der Waals surface area contributed by atoms with Crippen LogP contribution < -0.4 is 10.2 Å². The van der Waals surface area contributed by atoms with Crippen LogP contribution in [-0.2, 0) is 0 Å². The molecule has 8 heteroatoms. The summed E-state index contributed by atoms with van der Waals surface area (Å²) >= 11 is 0. The summed E-state index contributed by atoms with van der Waals surface area (Å²) in [6.07, 6.45) is 4.94. The van der Waals surface area contributed by atoms with Crippen LogP contribution in [0.25, 0.3) is 0 Å². The van der Waals surface area contributed by atoms with E-state index in [0.717, 1.165) is 22.8 Å². The van der Waals surface area contributed by atoms with E-state index in [1.165, 1.54) is 4.90 Å². The van der Waals surface area contributed by atoms with E-state index in [-0.39, 0.29) is 11.8 Å². The molecule has 0 aliphatic carbocycles. The summed E-state index contributed by atoms with van der Waals surface area (Å²) in [4.78, 5) is 43.2. The molecule has 0 fully saturated rings. The second-order valence-corrected chi connectivity index (χ2v) is 7.87. The SMILES string of the molecule is CN1c2ccc(C(c3ccccn3)N3C(=O)c4ccccc4C3=O)cc2Nc2nccnc21. The summed E-state index contributed by atoms with van der Waals surface area (Å²) in [6.45, 7) is 0. The number of imide groups is 1. The van der Waals surface area contributed by atoms with Crippen molar-refractivity contribution in [1.29, 1.82) is 0 Å². The number of hydrogen-bond acceptors (Lipinski definition) is 7.